The van der Waals surface area contributed by atoms with Crippen LogP contribution in [0.15, 0.2) is 23.1 Å². The van der Waals surface area contributed by atoms with Gasteiger partial charge in [0.15, 0.2) is 0 Å². The van der Waals surface area contributed by atoms with Crippen molar-refractivity contribution in [1.29, 1.82) is 0 Å². The molecule has 1 heterocycles. The number of esters is 1. The Morgan fingerprint density at radius 1 is 1.48 bits per heavy atom. The fourth-order valence-corrected chi connectivity index (χ4v) is 4.10. The summed E-state index contributed by atoms with van der Waals surface area (Å²) in [5, 5.41) is 3.09. The van der Waals surface area contributed by atoms with Crippen molar-refractivity contribution in [2.75, 3.05) is 26.7 Å². The number of ether oxygens (including phenoxy) is 1. The third-order valence-electron chi connectivity index (χ3n) is 3.37. The number of nitrogens with zero attached hydrogens (tertiary/aromatic N) is 1. The molecule has 1 unspecified atom stereocenters. The van der Waals surface area contributed by atoms with Gasteiger partial charge in [0.2, 0.25) is 10.0 Å². The van der Waals surface area contributed by atoms with E-state index in [2.05, 4.69) is 10.1 Å². The van der Waals surface area contributed by atoms with Crippen LogP contribution in [0.25, 0.3) is 0 Å². The Balaban J connectivity index is 2.51. The number of halogens is 1. The van der Waals surface area contributed by atoms with E-state index in [9.17, 15) is 17.6 Å². The Kier molecular flexibility index (Phi) is 4.60. The Bertz CT molecular complexity index is 648. The summed E-state index contributed by atoms with van der Waals surface area (Å²) in [6.07, 6.45) is 0. The van der Waals surface area contributed by atoms with Gasteiger partial charge in [-0.3, -0.25) is 0 Å². The molecular formula is C13H17FN2O4S. The molecule has 0 bridgehead atoms. The molecule has 0 radical (unpaired) electrons. The highest BCUT2D eigenvalue weighted by molar-refractivity contribution is 7.89. The average Bonchev–Trinajstić information content (AvgIpc) is 2.46. The van der Waals surface area contributed by atoms with E-state index >= 15 is 0 Å². The van der Waals surface area contributed by atoms with Gasteiger partial charge in [0.05, 0.1) is 17.6 Å². The molecule has 1 aromatic carbocycles. The zero-order valence-corrected chi connectivity index (χ0v) is 12.6. The summed E-state index contributed by atoms with van der Waals surface area (Å²) in [4.78, 5) is 11.5. The number of carbonyl (C=O) groups excluding carboxylic acids is 1. The van der Waals surface area contributed by atoms with Crippen LogP contribution in [0.4, 0.5) is 4.39 Å². The number of nitrogens with one attached hydrogen (secondary N) is 1. The number of piperazine rings is 1. The molecule has 2 rings (SSSR count). The monoisotopic (exact) mass is 316 g/mol. The summed E-state index contributed by atoms with van der Waals surface area (Å²) in [6.45, 7) is 3.11. The minimum Gasteiger partial charge on any atom is -0.465 e. The molecule has 8 heteroatoms. The maximum atomic E-state index is 13.3. The van der Waals surface area contributed by atoms with Crippen molar-refractivity contribution in [3.63, 3.8) is 0 Å². The molecular weight excluding hydrogens is 299 g/mol. The Morgan fingerprint density at radius 2 is 2.19 bits per heavy atom. The van der Waals surface area contributed by atoms with Crippen molar-refractivity contribution >= 4 is 16.0 Å². The van der Waals surface area contributed by atoms with E-state index in [4.69, 9.17) is 0 Å². The second-order valence-electron chi connectivity index (χ2n) is 4.80. The van der Waals surface area contributed by atoms with E-state index in [-0.39, 0.29) is 16.5 Å². The van der Waals surface area contributed by atoms with Crippen LogP contribution < -0.4 is 5.32 Å². The second kappa shape index (κ2) is 6.08. The number of carbonyl (C=O) groups is 1. The number of hydrogen-bond acceptors (Lipinski definition) is 5. The molecule has 1 saturated heterocycles. The zero-order valence-electron chi connectivity index (χ0n) is 11.8. The average molecular weight is 316 g/mol. The summed E-state index contributed by atoms with van der Waals surface area (Å²) in [5.41, 5.74) is -0.289. The Hall–Kier alpha value is -1.51. The highest BCUT2D eigenvalue weighted by Crippen LogP contribution is 2.24. The third-order valence-corrected chi connectivity index (χ3v) is 5.45. The number of methoxy groups -OCH3 is 1. The molecule has 0 saturated carbocycles. The fraction of sp³-hybridized carbons (Fsp3) is 0.462. The lowest BCUT2D eigenvalue weighted by Gasteiger charge is -2.33. The number of rotatable bonds is 3. The van der Waals surface area contributed by atoms with E-state index < -0.39 is 21.8 Å². The summed E-state index contributed by atoms with van der Waals surface area (Å²) in [7, 11) is -2.77. The molecule has 0 aliphatic carbocycles. The lowest BCUT2D eigenvalue weighted by Crippen LogP contribution is -2.52. The van der Waals surface area contributed by atoms with Crippen LogP contribution in [-0.4, -0.2) is 51.5 Å². The molecule has 0 amide bonds. The van der Waals surface area contributed by atoms with E-state index in [1.165, 1.54) is 4.31 Å². The smallest absolute Gasteiger partial charge is 0.339 e. The molecule has 1 aromatic rings. The lowest BCUT2D eigenvalue weighted by atomic mass is 10.2. The van der Waals surface area contributed by atoms with Gasteiger partial charge in [-0.2, -0.15) is 4.31 Å². The minimum atomic E-state index is -3.89. The maximum Gasteiger partial charge on any atom is 0.339 e. The predicted molar refractivity (Wildman–Crippen MR) is 74.0 cm³/mol. The van der Waals surface area contributed by atoms with Crippen molar-refractivity contribution in [1.82, 2.24) is 9.62 Å². The van der Waals surface area contributed by atoms with Gasteiger partial charge in [0, 0.05) is 25.7 Å². The minimum absolute atomic E-state index is 0.232. The van der Waals surface area contributed by atoms with Crippen LogP contribution in [0.1, 0.15) is 17.3 Å². The van der Waals surface area contributed by atoms with E-state index in [1.807, 2.05) is 0 Å². The number of sulfonamides is 1. The number of hydrogen-bond donors (Lipinski definition) is 1. The zero-order chi connectivity index (χ0) is 15.6. The molecule has 1 aliphatic heterocycles. The SMILES string of the molecule is COC(=O)c1cc(F)ccc1S(=O)(=O)N1CCNCC1C. The summed E-state index contributed by atoms with van der Waals surface area (Å²) >= 11 is 0. The Labute approximate surface area is 122 Å². The second-order valence-corrected chi connectivity index (χ2v) is 6.66. The summed E-state index contributed by atoms with van der Waals surface area (Å²) < 4.78 is 44.6. The summed E-state index contributed by atoms with van der Waals surface area (Å²) in [5.74, 6) is -1.57. The van der Waals surface area contributed by atoms with Crippen molar-refractivity contribution < 1.29 is 22.3 Å². The van der Waals surface area contributed by atoms with Crippen LogP contribution in [0.2, 0.25) is 0 Å². The first kappa shape index (κ1) is 15.9. The van der Waals surface area contributed by atoms with Crippen molar-refractivity contribution in [3.05, 3.63) is 29.6 Å². The normalized spacial score (nSPS) is 20.2. The van der Waals surface area contributed by atoms with E-state index in [0.29, 0.717) is 19.6 Å². The van der Waals surface area contributed by atoms with Crippen LogP contribution in [0.3, 0.4) is 0 Å². The van der Waals surface area contributed by atoms with E-state index in [1.54, 1.807) is 6.92 Å². The van der Waals surface area contributed by atoms with Gasteiger partial charge in [0.25, 0.3) is 0 Å². The van der Waals surface area contributed by atoms with Gasteiger partial charge < -0.3 is 10.1 Å². The lowest BCUT2D eigenvalue weighted by molar-refractivity contribution is 0.0595. The molecule has 6 nitrogen and oxygen atoms in total. The topological polar surface area (TPSA) is 75.7 Å². The van der Waals surface area contributed by atoms with Crippen molar-refractivity contribution in [2.45, 2.75) is 17.9 Å². The standard InChI is InChI=1S/C13H17FN2O4S/c1-9-8-15-5-6-16(9)21(18,19)12-4-3-10(14)7-11(12)13(17)20-2/h3-4,7,9,15H,5-6,8H2,1-2H3. The maximum absolute atomic E-state index is 13.3. The highest BCUT2D eigenvalue weighted by Gasteiger charge is 2.34. The molecule has 0 spiro atoms. The fourth-order valence-electron chi connectivity index (χ4n) is 2.30. The largest absolute Gasteiger partial charge is 0.465 e. The van der Waals surface area contributed by atoms with Gasteiger partial charge in [-0.15, -0.1) is 0 Å². The predicted octanol–water partition coefficient (Wildman–Crippen LogP) is 0.595. The van der Waals surface area contributed by atoms with Crippen molar-refractivity contribution in [3.8, 4) is 0 Å². The molecule has 0 aromatic heterocycles. The molecule has 1 N–H and O–H groups in total. The quantitative estimate of drug-likeness (QED) is 0.826. The molecule has 1 fully saturated rings. The molecule has 21 heavy (non-hydrogen) atoms. The highest BCUT2D eigenvalue weighted by atomic mass is 32.2. The van der Waals surface area contributed by atoms with Crippen LogP contribution in [-0.2, 0) is 14.8 Å². The molecule has 1 atom stereocenters. The van der Waals surface area contributed by atoms with Gasteiger partial charge >= 0.3 is 5.97 Å². The van der Waals surface area contributed by atoms with Crippen LogP contribution in [0.5, 0.6) is 0 Å². The van der Waals surface area contributed by atoms with E-state index in [0.717, 1.165) is 25.3 Å². The summed E-state index contributed by atoms with van der Waals surface area (Å²) in [6, 6.07) is 2.75. The first-order chi connectivity index (χ1) is 9.87. The Morgan fingerprint density at radius 3 is 2.81 bits per heavy atom. The third kappa shape index (κ3) is 3.07. The molecule has 116 valence electrons. The molecule has 1 aliphatic rings. The van der Waals surface area contributed by atoms with Gasteiger partial charge in [-0.05, 0) is 25.1 Å². The number of benzene rings is 1. The van der Waals surface area contributed by atoms with Gasteiger partial charge in [0.1, 0.15) is 5.82 Å². The van der Waals surface area contributed by atoms with Gasteiger partial charge in [-0.1, -0.05) is 0 Å². The van der Waals surface area contributed by atoms with Gasteiger partial charge in [-0.25, -0.2) is 17.6 Å². The first-order valence-corrected chi connectivity index (χ1v) is 7.92. The first-order valence-electron chi connectivity index (χ1n) is 6.48. The van der Waals surface area contributed by atoms with Crippen molar-refractivity contribution in [2.24, 2.45) is 0 Å². The van der Waals surface area contributed by atoms with Crippen LogP contribution >= 0.6 is 0 Å². The van der Waals surface area contributed by atoms with Crippen LogP contribution in [0, 0.1) is 5.82 Å².